The SMILES string of the molecule is C=N/C(N)=C(/C)C1=C(C)CN(c2c(F)c(OC)cc(OC)c2F)C(=O)N1C. The number of carbonyl (C=O) groups excluding carboxylic acids is 1. The fraction of sp³-hybridized carbons (Fsp3) is 0.333. The average Bonchev–Trinajstić information content (AvgIpc) is 2.65. The number of nitrogens with zero attached hydrogens (tertiary/aromatic N) is 3. The number of nitrogens with two attached hydrogens (primary N) is 1. The first-order chi connectivity index (χ1) is 12.7. The van der Waals surface area contributed by atoms with Gasteiger partial charge in [-0.05, 0) is 26.1 Å². The van der Waals surface area contributed by atoms with Crippen LogP contribution in [0.5, 0.6) is 11.5 Å². The van der Waals surface area contributed by atoms with Crippen molar-refractivity contribution in [3.8, 4) is 11.5 Å². The van der Waals surface area contributed by atoms with E-state index in [1.807, 2.05) is 0 Å². The highest BCUT2D eigenvalue weighted by Gasteiger charge is 2.35. The van der Waals surface area contributed by atoms with Gasteiger partial charge in [-0.3, -0.25) is 9.80 Å². The fourth-order valence-electron chi connectivity index (χ4n) is 3.04. The molecule has 0 spiro atoms. The summed E-state index contributed by atoms with van der Waals surface area (Å²) in [7, 11) is 3.97. The van der Waals surface area contributed by atoms with Crippen LogP contribution in [0.3, 0.4) is 0 Å². The maximum Gasteiger partial charge on any atom is 0.329 e. The van der Waals surface area contributed by atoms with Gasteiger partial charge in [0, 0.05) is 18.7 Å². The molecule has 7 nitrogen and oxygen atoms in total. The van der Waals surface area contributed by atoms with Gasteiger partial charge in [-0.2, -0.15) is 0 Å². The molecule has 0 saturated heterocycles. The Balaban J connectivity index is 2.66. The molecule has 1 aliphatic heterocycles. The van der Waals surface area contributed by atoms with Crippen LogP contribution in [0.4, 0.5) is 19.3 Å². The van der Waals surface area contributed by atoms with Crippen LogP contribution < -0.4 is 20.1 Å². The molecule has 0 aromatic heterocycles. The normalized spacial score (nSPS) is 15.7. The lowest BCUT2D eigenvalue weighted by Gasteiger charge is -2.37. The van der Waals surface area contributed by atoms with Crippen LogP contribution >= 0.6 is 0 Å². The van der Waals surface area contributed by atoms with Crippen LogP contribution in [0.1, 0.15) is 13.8 Å². The molecule has 0 unspecified atom stereocenters. The molecule has 146 valence electrons. The summed E-state index contributed by atoms with van der Waals surface area (Å²) in [5, 5.41) is 0. The zero-order chi connectivity index (χ0) is 20.5. The molecule has 0 atom stereocenters. The van der Waals surface area contributed by atoms with E-state index in [2.05, 4.69) is 11.7 Å². The van der Waals surface area contributed by atoms with E-state index in [9.17, 15) is 13.6 Å². The van der Waals surface area contributed by atoms with Gasteiger partial charge < -0.3 is 15.2 Å². The molecule has 2 N–H and O–H groups in total. The van der Waals surface area contributed by atoms with Crippen LogP contribution in [0.2, 0.25) is 0 Å². The topological polar surface area (TPSA) is 80.4 Å². The highest BCUT2D eigenvalue weighted by molar-refractivity contribution is 5.96. The second kappa shape index (κ2) is 7.65. The number of urea groups is 1. The zero-order valence-corrected chi connectivity index (χ0v) is 15.9. The number of ether oxygens (including phenoxy) is 2. The summed E-state index contributed by atoms with van der Waals surface area (Å²) < 4.78 is 39.5. The summed E-state index contributed by atoms with van der Waals surface area (Å²) in [6.07, 6.45) is 0. The van der Waals surface area contributed by atoms with Crippen LogP contribution in [-0.2, 0) is 0 Å². The van der Waals surface area contributed by atoms with Crippen molar-refractivity contribution >= 4 is 18.4 Å². The first-order valence-electron chi connectivity index (χ1n) is 7.97. The van der Waals surface area contributed by atoms with Gasteiger partial charge in [0.05, 0.1) is 26.5 Å². The van der Waals surface area contributed by atoms with E-state index in [0.717, 1.165) is 11.0 Å². The van der Waals surface area contributed by atoms with E-state index in [-0.39, 0.29) is 23.9 Å². The molecule has 1 aromatic carbocycles. The molecule has 9 heteroatoms. The van der Waals surface area contributed by atoms with E-state index < -0.39 is 23.4 Å². The largest absolute Gasteiger partial charge is 0.493 e. The molecule has 1 aromatic rings. The minimum Gasteiger partial charge on any atom is -0.493 e. The lowest BCUT2D eigenvalue weighted by molar-refractivity contribution is 0.223. The Kier molecular flexibility index (Phi) is 5.72. The number of likely N-dealkylation sites (N-methyl/N-ethyl adjacent to an activating group) is 1. The third kappa shape index (κ3) is 3.32. The van der Waals surface area contributed by atoms with Crippen molar-refractivity contribution in [1.29, 1.82) is 0 Å². The van der Waals surface area contributed by atoms with E-state index in [4.69, 9.17) is 15.2 Å². The Morgan fingerprint density at radius 1 is 1.26 bits per heavy atom. The van der Waals surface area contributed by atoms with Crippen molar-refractivity contribution in [2.24, 2.45) is 10.7 Å². The lowest BCUT2D eigenvalue weighted by atomic mass is 10.0. The summed E-state index contributed by atoms with van der Waals surface area (Å²) in [6.45, 7) is 6.75. The van der Waals surface area contributed by atoms with E-state index >= 15 is 0 Å². The Morgan fingerprint density at radius 2 is 1.78 bits per heavy atom. The van der Waals surface area contributed by atoms with Crippen molar-refractivity contribution in [2.75, 3.05) is 32.7 Å². The Hall–Kier alpha value is -3.10. The third-order valence-electron chi connectivity index (χ3n) is 4.38. The van der Waals surface area contributed by atoms with E-state index in [1.165, 1.54) is 26.2 Å². The molecular weight excluding hydrogens is 358 g/mol. The van der Waals surface area contributed by atoms with Gasteiger partial charge in [-0.25, -0.2) is 18.6 Å². The predicted octanol–water partition coefficient (Wildman–Crippen LogP) is 3.02. The van der Waals surface area contributed by atoms with Gasteiger partial charge in [0.25, 0.3) is 0 Å². The Morgan fingerprint density at radius 3 is 2.22 bits per heavy atom. The molecule has 0 bridgehead atoms. The lowest BCUT2D eigenvalue weighted by Crippen LogP contribution is -2.47. The standard InChI is InChI=1S/C18H22F2N4O3/c1-9-8-24(18(25)23(4)15(9)10(2)17(21)22-3)16-13(19)11(26-5)7-12(27-6)14(16)20/h7H,3,8,21H2,1-2,4-6H3/b17-10-. The van der Waals surface area contributed by atoms with Gasteiger partial charge in [0.15, 0.2) is 23.1 Å². The number of halogens is 2. The highest BCUT2D eigenvalue weighted by atomic mass is 19.1. The molecule has 0 saturated carbocycles. The minimum absolute atomic E-state index is 0.0512. The summed E-state index contributed by atoms with van der Waals surface area (Å²) in [6, 6.07) is 0.448. The number of carbonyl (C=O) groups is 1. The van der Waals surface area contributed by atoms with Crippen molar-refractivity contribution in [3.05, 3.63) is 40.4 Å². The molecule has 2 rings (SSSR count). The molecule has 0 aliphatic carbocycles. The van der Waals surface area contributed by atoms with Gasteiger partial charge in [0.1, 0.15) is 11.5 Å². The average molecular weight is 380 g/mol. The van der Waals surface area contributed by atoms with Gasteiger partial charge >= 0.3 is 6.03 Å². The number of hydrogen-bond acceptors (Lipinski definition) is 5. The van der Waals surface area contributed by atoms with E-state index in [1.54, 1.807) is 13.8 Å². The van der Waals surface area contributed by atoms with Gasteiger partial charge in [-0.15, -0.1) is 0 Å². The van der Waals surface area contributed by atoms with Crippen LogP contribution in [0.25, 0.3) is 0 Å². The molecule has 0 fully saturated rings. The summed E-state index contributed by atoms with van der Waals surface area (Å²) in [5.74, 6) is -2.29. The molecule has 2 amide bonds. The van der Waals surface area contributed by atoms with Gasteiger partial charge in [-0.1, -0.05) is 0 Å². The number of rotatable bonds is 5. The predicted molar refractivity (Wildman–Crippen MR) is 99.1 cm³/mol. The third-order valence-corrected chi connectivity index (χ3v) is 4.38. The molecule has 0 radical (unpaired) electrons. The number of allylic oxidation sites excluding steroid dienone is 1. The van der Waals surface area contributed by atoms with Crippen molar-refractivity contribution in [1.82, 2.24) is 4.90 Å². The van der Waals surface area contributed by atoms with Crippen molar-refractivity contribution < 1.29 is 23.0 Å². The second-order valence-electron chi connectivity index (χ2n) is 5.98. The monoisotopic (exact) mass is 380 g/mol. The quantitative estimate of drug-likeness (QED) is 0.797. The van der Waals surface area contributed by atoms with Crippen LogP contribution in [0, 0.1) is 11.6 Å². The summed E-state index contributed by atoms with van der Waals surface area (Å²) in [4.78, 5) is 18.8. The first-order valence-corrected chi connectivity index (χ1v) is 7.97. The molecule has 27 heavy (non-hydrogen) atoms. The molecular formula is C18H22F2N4O3. The number of anilines is 1. The summed E-state index contributed by atoms with van der Waals surface area (Å²) >= 11 is 0. The smallest absolute Gasteiger partial charge is 0.329 e. The summed E-state index contributed by atoms with van der Waals surface area (Å²) in [5.41, 5.74) is 6.99. The number of benzene rings is 1. The number of hydrogen-bond donors (Lipinski definition) is 1. The van der Waals surface area contributed by atoms with E-state index in [0.29, 0.717) is 16.8 Å². The fourth-order valence-corrected chi connectivity index (χ4v) is 3.04. The minimum atomic E-state index is -0.992. The van der Waals surface area contributed by atoms with Crippen molar-refractivity contribution in [2.45, 2.75) is 13.8 Å². The maximum atomic E-state index is 14.8. The maximum absolute atomic E-state index is 14.8. The Labute approximate surface area is 156 Å². The first kappa shape index (κ1) is 20.2. The van der Waals surface area contributed by atoms with Crippen molar-refractivity contribution in [3.63, 3.8) is 0 Å². The second-order valence-corrected chi connectivity index (χ2v) is 5.98. The molecule has 1 aliphatic rings. The number of amides is 2. The number of aliphatic imine (C=N–C) groups is 1. The van der Waals surface area contributed by atoms with Crippen LogP contribution in [0.15, 0.2) is 33.7 Å². The van der Waals surface area contributed by atoms with Gasteiger partial charge in [0.2, 0.25) is 0 Å². The number of methoxy groups -OCH3 is 2. The molecule has 1 heterocycles. The highest BCUT2D eigenvalue weighted by Crippen LogP contribution is 2.39. The Bertz CT molecular complexity index is 836. The zero-order valence-electron chi connectivity index (χ0n) is 15.9. The van der Waals surface area contributed by atoms with Crippen LogP contribution in [-0.4, -0.2) is 45.5 Å².